The lowest BCUT2D eigenvalue weighted by Gasteiger charge is -2.37. The smallest absolute Gasteiger partial charge is 0.217 e. The Labute approximate surface area is 141 Å². The molecule has 1 saturated heterocycles. The molecule has 2 fully saturated rings. The first-order valence-corrected chi connectivity index (χ1v) is 9.83. The summed E-state index contributed by atoms with van der Waals surface area (Å²) in [7, 11) is 0.427. The highest BCUT2D eigenvalue weighted by molar-refractivity contribution is 7.90. The molecule has 24 heavy (non-hydrogen) atoms. The van der Waals surface area contributed by atoms with Gasteiger partial charge in [0.2, 0.25) is 10.0 Å². The molecule has 0 aromatic carbocycles. The molecule has 1 aliphatic carbocycles. The summed E-state index contributed by atoms with van der Waals surface area (Å²) in [6.45, 7) is 1.53. The molecule has 1 unspecified atom stereocenters. The van der Waals surface area contributed by atoms with E-state index in [1.165, 1.54) is 0 Å². The first kappa shape index (κ1) is 15.8. The second-order valence-corrected chi connectivity index (χ2v) is 8.98. The molecule has 1 aliphatic heterocycles. The molecule has 3 heterocycles. The Morgan fingerprint density at radius 2 is 2.04 bits per heavy atom. The Morgan fingerprint density at radius 3 is 2.79 bits per heavy atom. The van der Waals surface area contributed by atoms with Crippen LogP contribution >= 0.6 is 0 Å². The van der Waals surface area contributed by atoms with Crippen molar-refractivity contribution in [2.75, 3.05) is 25.0 Å². The third kappa shape index (κ3) is 2.55. The van der Waals surface area contributed by atoms with E-state index in [0.717, 1.165) is 49.1 Å². The molecule has 1 atom stereocenters. The van der Waals surface area contributed by atoms with E-state index in [2.05, 4.69) is 20.0 Å². The topological polar surface area (TPSA) is 84.2 Å². The van der Waals surface area contributed by atoms with E-state index in [0.29, 0.717) is 6.54 Å². The lowest BCUT2D eigenvalue weighted by Crippen LogP contribution is -2.49. The van der Waals surface area contributed by atoms with Gasteiger partial charge in [0.15, 0.2) is 5.65 Å². The predicted molar refractivity (Wildman–Crippen MR) is 91.2 cm³/mol. The van der Waals surface area contributed by atoms with Gasteiger partial charge in [-0.1, -0.05) is 0 Å². The Kier molecular flexibility index (Phi) is 3.72. The largest absolute Gasteiger partial charge is 0.354 e. The van der Waals surface area contributed by atoms with Crippen molar-refractivity contribution in [3.8, 4) is 0 Å². The van der Waals surface area contributed by atoms with Crippen molar-refractivity contribution in [1.29, 1.82) is 0 Å². The van der Waals surface area contributed by atoms with Gasteiger partial charge in [-0.3, -0.25) is 4.68 Å². The molecule has 0 amide bonds. The van der Waals surface area contributed by atoms with Crippen LogP contribution in [-0.4, -0.2) is 63.9 Å². The zero-order valence-corrected chi connectivity index (χ0v) is 14.8. The lowest BCUT2D eigenvalue weighted by atomic mass is 10.1. The molecule has 1 saturated carbocycles. The molecule has 9 heteroatoms. The summed E-state index contributed by atoms with van der Waals surface area (Å²) in [5.41, 5.74) is 0.793. The number of likely N-dealkylation sites (N-methyl/N-ethyl adjacent to an activating group) is 1. The molecular formula is C15H22N6O2S. The summed E-state index contributed by atoms with van der Waals surface area (Å²) in [4.78, 5) is 10.9. The summed E-state index contributed by atoms with van der Waals surface area (Å²) in [5, 5.41) is 5.00. The van der Waals surface area contributed by atoms with Gasteiger partial charge < -0.3 is 4.90 Å². The van der Waals surface area contributed by atoms with E-state index in [-0.39, 0.29) is 11.3 Å². The standard InChI is InChI=1S/C15H22N6O2S/c1-19-14-13(8-18-19)15(17-10-16-14)21-7-3-4-11(9-21)20(2)24(22,23)12-5-6-12/h8,10-12H,3-7,9H2,1-2H3. The number of nitrogens with zero attached hydrogens (tertiary/aromatic N) is 6. The fraction of sp³-hybridized carbons (Fsp3) is 0.667. The number of sulfonamides is 1. The van der Waals surface area contributed by atoms with Gasteiger partial charge in [-0.05, 0) is 25.7 Å². The molecule has 0 bridgehead atoms. The SMILES string of the molecule is CN(C1CCCN(c2ncnc3c2cnn3C)C1)S(=O)(=O)C1CC1. The van der Waals surface area contributed by atoms with E-state index in [1.54, 1.807) is 28.6 Å². The lowest BCUT2D eigenvalue weighted by molar-refractivity contribution is 0.319. The molecule has 130 valence electrons. The highest BCUT2D eigenvalue weighted by Crippen LogP contribution is 2.33. The first-order chi connectivity index (χ1) is 11.5. The fourth-order valence-corrected chi connectivity index (χ4v) is 5.24. The Balaban J connectivity index is 1.60. The number of aryl methyl sites for hydroxylation is 1. The van der Waals surface area contributed by atoms with Crippen molar-refractivity contribution in [2.45, 2.75) is 37.0 Å². The van der Waals surface area contributed by atoms with Gasteiger partial charge in [-0.15, -0.1) is 0 Å². The van der Waals surface area contributed by atoms with Crippen LogP contribution < -0.4 is 4.90 Å². The van der Waals surface area contributed by atoms with Gasteiger partial charge in [0.1, 0.15) is 12.1 Å². The van der Waals surface area contributed by atoms with E-state index in [4.69, 9.17) is 0 Å². The van der Waals surface area contributed by atoms with E-state index in [9.17, 15) is 8.42 Å². The van der Waals surface area contributed by atoms with Gasteiger partial charge in [-0.2, -0.15) is 9.40 Å². The van der Waals surface area contributed by atoms with Crippen molar-refractivity contribution in [1.82, 2.24) is 24.1 Å². The third-order valence-corrected chi connectivity index (χ3v) is 7.48. The number of fused-ring (bicyclic) bond motifs is 1. The van der Waals surface area contributed by atoms with Gasteiger partial charge in [0, 0.05) is 33.2 Å². The summed E-state index contributed by atoms with van der Waals surface area (Å²) in [6.07, 6.45) is 6.75. The van der Waals surface area contributed by atoms with Crippen LogP contribution in [-0.2, 0) is 17.1 Å². The van der Waals surface area contributed by atoms with Crippen molar-refractivity contribution < 1.29 is 8.42 Å². The highest BCUT2D eigenvalue weighted by atomic mass is 32.2. The summed E-state index contributed by atoms with van der Waals surface area (Å²) >= 11 is 0. The summed E-state index contributed by atoms with van der Waals surface area (Å²) in [5.74, 6) is 0.843. The van der Waals surface area contributed by atoms with Crippen LogP contribution in [0.1, 0.15) is 25.7 Å². The van der Waals surface area contributed by atoms with Crippen LogP contribution in [0.3, 0.4) is 0 Å². The average molecular weight is 350 g/mol. The summed E-state index contributed by atoms with van der Waals surface area (Å²) in [6, 6.07) is -0.00830. The van der Waals surface area contributed by atoms with Crippen LogP contribution in [0.5, 0.6) is 0 Å². The minimum absolute atomic E-state index is 0.00830. The van der Waals surface area contributed by atoms with E-state index >= 15 is 0 Å². The number of hydrogen-bond donors (Lipinski definition) is 0. The van der Waals surface area contributed by atoms with Gasteiger partial charge >= 0.3 is 0 Å². The van der Waals surface area contributed by atoms with Crippen LogP contribution in [0.15, 0.2) is 12.5 Å². The second kappa shape index (κ2) is 5.66. The second-order valence-electron chi connectivity index (χ2n) is 6.71. The molecule has 2 aromatic heterocycles. The van der Waals surface area contributed by atoms with Crippen molar-refractivity contribution in [2.24, 2.45) is 7.05 Å². The van der Waals surface area contributed by atoms with Gasteiger partial charge in [0.25, 0.3) is 0 Å². The maximum Gasteiger partial charge on any atom is 0.217 e. The summed E-state index contributed by atoms with van der Waals surface area (Å²) < 4.78 is 28.4. The number of anilines is 1. The monoisotopic (exact) mass is 350 g/mol. The molecule has 4 rings (SSSR count). The third-order valence-electron chi connectivity index (χ3n) is 5.07. The highest BCUT2D eigenvalue weighted by Gasteiger charge is 2.42. The average Bonchev–Trinajstić information content (AvgIpc) is 3.39. The zero-order valence-electron chi connectivity index (χ0n) is 14.0. The van der Waals surface area contributed by atoms with Crippen molar-refractivity contribution >= 4 is 26.9 Å². The van der Waals surface area contributed by atoms with Crippen molar-refractivity contribution in [3.05, 3.63) is 12.5 Å². The van der Waals surface area contributed by atoms with Crippen LogP contribution in [0, 0.1) is 0 Å². The predicted octanol–water partition coefficient (Wildman–Crippen LogP) is 0.756. The number of hydrogen-bond acceptors (Lipinski definition) is 6. The van der Waals surface area contributed by atoms with Crippen LogP contribution in [0.2, 0.25) is 0 Å². The Morgan fingerprint density at radius 1 is 1.25 bits per heavy atom. The zero-order chi connectivity index (χ0) is 16.9. The van der Waals surface area contributed by atoms with Crippen LogP contribution in [0.25, 0.3) is 11.0 Å². The molecule has 0 spiro atoms. The molecular weight excluding hydrogens is 328 g/mol. The molecule has 2 aliphatic rings. The Bertz CT molecular complexity index is 860. The van der Waals surface area contributed by atoms with E-state index < -0.39 is 10.0 Å². The quantitative estimate of drug-likeness (QED) is 0.809. The maximum atomic E-state index is 12.5. The minimum atomic E-state index is -3.15. The van der Waals surface area contributed by atoms with Gasteiger partial charge in [-0.25, -0.2) is 18.4 Å². The fourth-order valence-electron chi connectivity index (χ4n) is 3.45. The Hall–Kier alpha value is -1.74. The number of aromatic nitrogens is 4. The molecule has 8 nitrogen and oxygen atoms in total. The van der Waals surface area contributed by atoms with Crippen LogP contribution in [0.4, 0.5) is 5.82 Å². The molecule has 0 radical (unpaired) electrons. The van der Waals surface area contributed by atoms with Crippen molar-refractivity contribution in [3.63, 3.8) is 0 Å². The van der Waals surface area contributed by atoms with E-state index in [1.807, 2.05) is 7.05 Å². The maximum absolute atomic E-state index is 12.5. The first-order valence-electron chi connectivity index (χ1n) is 8.33. The normalized spacial score (nSPS) is 22.5. The van der Waals surface area contributed by atoms with Gasteiger partial charge in [0.05, 0.1) is 16.8 Å². The number of piperidine rings is 1. The minimum Gasteiger partial charge on any atom is -0.354 e. The molecule has 2 aromatic rings. The molecule has 0 N–H and O–H groups in total. The number of rotatable bonds is 4.